The minimum Gasteiger partial charge on any atom is -0.370 e. The van der Waals surface area contributed by atoms with Crippen molar-refractivity contribution in [2.24, 2.45) is 5.73 Å². The highest BCUT2D eigenvalue weighted by atomic mass is 16.5. The second-order valence-electron chi connectivity index (χ2n) is 4.89. The monoisotopic (exact) mass is 251 g/mol. The van der Waals surface area contributed by atoms with Crippen molar-refractivity contribution in [3.05, 3.63) is 11.9 Å². The summed E-state index contributed by atoms with van der Waals surface area (Å²) in [7, 11) is 0. The van der Waals surface area contributed by atoms with E-state index >= 15 is 0 Å². The maximum atomic E-state index is 10.8. The van der Waals surface area contributed by atoms with Gasteiger partial charge < -0.3 is 15.4 Å². The smallest absolute Gasteiger partial charge is 0.218 e. The fraction of sp³-hybridized carbons (Fsp3) is 0.727. The van der Waals surface area contributed by atoms with E-state index in [1.807, 2.05) is 4.68 Å². The predicted molar refractivity (Wildman–Crippen MR) is 62.5 cm³/mol. The Morgan fingerprint density at radius 2 is 2.50 bits per heavy atom. The summed E-state index contributed by atoms with van der Waals surface area (Å²) in [6.07, 6.45) is 3.33. The lowest BCUT2D eigenvalue weighted by Crippen LogP contribution is -2.48. The molecule has 2 aliphatic heterocycles. The molecule has 98 valence electrons. The number of carbonyl (C=O) groups is 1. The zero-order chi connectivity index (χ0) is 12.5. The molecule has 2 N–H and O–H groups in total. The van der Waals surface area contributed by atoms with Gasteiger partial charge in [0.1, 0.15) is 0 Å². The van der Waals surface area contributed by atoms with Crippen molar-refractivity contribution in [3.63, 3.8) is 0 Å². The summed E-state index contributed by atoms with van der Waals surface area (Å²) in [5.74, 6) is -0.251. The van der Waals surface area contributed by atoms with Gasteiger partial charge in [0.15, 0.2) is 0 Å². The third-order valence-corrected chi connectivity index (χ3v) is 3.69. The van der Waals surface area contributed by atoms with Crippen LogP contribution >= 0.6 is 0 Å². The van der Waals surface area contributed by atoms with Gasteiger partial charge in [-0.3, -0.25) is 4.79 Å². The van der Waals surface area contributed by atoms with Crippen LogP contribution in [0.15, 0.2) is 6.20 Å². The molecule has 0 saturated carbocycles. The Labute approximate surface area is 105 Å². The van der Waals surface area contributed by atoms with E-state index in [0.717, 1.165) is 25.2 Å². The molecule has 0 aromatic carbocycles. The van der Waals surface area contributed by atoms with Gasteiger partial charge in [-0.15, -0.1) is 5.10 Å². The van der Waals surface area contributed by atoms with Crippen LogP contribution in [0.5, 0.6) is 0 Å². The summed E-state index contributed by atoms with van der Waals surface area (Å²) in [6, 6.07) is 0.206. The molecule has 3 heterocycles. The van der Waals surface area contributed by atoms with Gasteiger partial charge in [-0.05, 0) is 6.42 Å². The Kier molecular flexibility index (Phi) is 3.00. The van der Waals surface area contributed by atoms with Crippen molar-refractivity contribution in [3.8, 4) is 0 Å². The summed E-state index contributed by atoms with van der Waals surface area (Å²) in [5.41, 5.74) is 6.20. The first-order valence-corrected chi connectivity index (χ1v) is 6.25. The third kappa shape index (κ3) is 2.11. The molecule has 1 aromatic heterocycles. The molecule has 2 aliphatic rings. The summed E-state index contributed by atoms with van der Waals surface area (Å²) >= 11 is 0. The molecule has 0 unspecified atom stereocenters. The van der Waals surface area contributed by atoms with Crippen LogP contribution in [0.3, 0.4) is 0 Å². The van der Waals surface area contributed by atoms with Crippen LogP contribution in [0.2, 0.25) is 0 Å². The van der Waals surface area contributed by atoms with Crippen LogP contribution < -0.4 is 5.73 Å². The maximum absolute atomic E-state index is 10.8. The van der Waals surface area contributed by atoms with Gasteiger partial charge in [-0.2, -0.15) is 0 Å². The van der Waals surface area contributed by atoms with Crippen molar-refractivity contribution < 1.29 is 9.53 Å². The number of hydrogen-bond acceptors (Lipinski definition) is 5. The average Bonchev–Trinajstić information content (AvgIpc) is 2.84. The lowest BCUT2D eigenvalue weighted by Gasteiger charge is -2.40. The first kappa shape index (κ1) is 11.6. The highest BCUT2D eigenvalue weighted by Crippen LogP contribution is 2.29. The van der Waals surface area contributed by atoms with Crippen LogP contribution in [0.4, 0.5) is 0 Å². The Hall–Kier alpha value is -1.47. The molecule has 7 nitrogen and oxygen atoms in total. The standard InChI is InChI=1S/C11H17N5O2/c12-11(17)2-4-15-3-1-10-9(6-15)16-8(7-18-10)5-13-14-16/h5,9-10H,1-4,6-7H2,(H2,12,17)/t9-,10-/m0/s1. The number of rotatable bonds is 3. The molecule has 1 saturated heterocycles. The van der Waals surface area contributed by atoms with Gasteiger partial charge in [-0.1, -0.05) is 5.21 Å². The van der Waals surface area contributed by atoms with Crippen LogP contribution in [0, 0.1) is 0 Å². The van der Waals surface area contributed by atoms with E-state index < -0.39 is 0 Å². The molecule has 0 radical (unpaired) electrons. The number of hydrogen-bond donors (Lipinski definition) is 1. The van der Waals surface area contributed by atoms with Gasteiger partial charge in [-0.25, -0.2) is 4.68 Å². The van der Waals surface area contributed by atoms with Crippen molar-refractivity contribution >= 4 is 5.91 Å². The van der Waals surface area contributed by atoms with Crippen molar-refractivity contribution in [2.45, 2.75) is 31.6 Å². The van der Waals surface area contributed by atoms with Crippen molar-refractivity contribution in [1.82, 2.24) is 19.9 Å². The molecule has 1 aromatic rings. The number of fused-ring (bicyclic) bond motifs is 3. The topological polar surface area (TPSA) is 86.3 Å². The van der Waals surface area contributed by atoms with E-state index in [9.17, 15) is 4.79 Å². The van der Waals surface area contributed by atoms with Crippen molar-refractivity contribution in [2.75, 3.05) is 19.6 Å². The van der Waals surface area contributed by atoms with E-state index in [0.29, 0.717) is 19.6 Å². The molecule has 7 heteroatoms. The van der Waals surface area contributed by atoms with Gasteiger partial charge in [0.25, 0.3) is 0 Å². The molecule has 0 aliphatic carbocycles. The van der Waals surface area contributed by atoms with Crippen LogP contribution in [0.25, 0.3) is 0 Å². The number of nitrogens with two attached hydrogens (primary N) is 1. The lowest BCUT2D eigenvalue weighted by molar-refractivity contribution is -0.118. The second kappa shape index (κ2) is 4.66. The van der Waals surface area contributed by atoms with E-state index in [2.05, 4.69) is 15.2 Å². The number of carbonyl (C=O) groups excluding carboxylic acids is 1. The number of piperidine rings is 1. The van der Waals surface area contributed by atoms with Gasteiger partial charge >= 0.3 is 0 Å². The minimum absolute atomic E-state index is 0.206. The Balaban J connectivity index is 1.69. The Bertz CT molecular complexity index is 446. The summed E-state index contributed by atoms with van der Waals surface area (Å²) in [4.78, 5) is 13.1. The van der Waals surface area contributed by atoms with Gasteiger partial charge in [0, 0.05) is 26.1 Å². The minimum atomic E-state index is -0.251. The third-order valence-electron chi connectivity index (χ3n) is 3.69. The quantitative estimate of drug-likeness (QED) is 0.767. The van der Waals surface area contributed by atoms with Crippen LogP contribution in [0.1, 0.15) is 24.6 Å². The second-order valence-corrected chi connectivity index (χ2v) is 4.89. The number of ether oxygens (including phenoxy) is 1. The molecule has 2 atom stereocenters. The molecule has 18 heavy (non-hydrogen) atoms. The number of amides is 1. The molecular weight excluding hydrogens is 234 g/mol. The molecule has 1 amide bonds. The molecule has 0 bridgehead atoms. The van der Waals surface area contributed by atoms with Gasteiger partial charge in [0.05, 0.1) is 30.6 Å². The highest BCUT2D eigenvalue weighted by molar-refractivity contribution is 5.73. The zero-order valence-electron chi connectivity index (χ0n) is 10.2. The maximum Gasteiger partial charge on any atom is 0.218 e. The largest absolute Gasteiger partial charge is 0.370 e. The fourth-order valence-corrected chi connectivity index (χ4v) is 2.72. The lowest BCUT2D eigenvalue weighted by atomic mass is 10.0. The number of likely N-dealkylation sites (tertiary alicyclic amines) is 1. The molecule has 1 fully saturated rings. The first-order chi connectivity index (χ1) is 8.74. The predicted octanol–water partition coefficient (Wildman–Crippen LogP) is -0.701. The van der Waals surface area contributed by atoms with E-state index in [-0.39, 0.29) is 18.1 Å². The first-order valence-electron chi connectivity index (χ1n) is 6.25. The zero-order valence-corrected chi connectivity index (χ0v) is 10.2. The number of nitrogens with zero attached hydrogens (tertiary/aromatic N) is 4. The molecular formula is C11H17N5O2. The summed E-state index contributed by atoms with van der Waals surface area (Å²) in [6.45, 7) is 3.09. The summed E-state index contributed by atoms with van der Waals surface area (Å²) in [5, 5.41) is 8.07. The van der Waals surface area contributed by atoms with Crippen LogP contribution in [-0.4, -0.2) is 51.5 Å². The number of aromatic nitrogens is 3. The average molecular weight is 251 g/mol. The SMILES string of the molecule is NC(=O)CCN1CC[C@@H]2OCc3cnnn3[C@H]2C1. The highest BCUT2D eigenvalue weighted by Gasteiger charge is 2.36. The van der Waals surface area contributed by atoms with E-state index in [1.54, 1.807) is 6.20 Å². The summed E-state index contributed by atoms with van der Waals surface area (Å²) < 4.78 is 7.78. The normalized spacial score (nSPS) is 27.6. The van der Waals surface area contributed by atoms with E-state index in [4.69, 9.17) is 10.5 Å². The van der Waals surface area contributed by atoms with Crippen molar-refractivity contribution in [1.29, 1.82) is 0 Å². The molecule has 3 rings (SSSR count). The molecule has 0 spiro atoms. The number of primary amides is 1. The Morgan fingerprint density at radius 3 is 3.33 bits per heavy atom. The van der Waals surface area contributed by atoms with E-state index in [1.165, 1.54) is 0 Å². The van der Waals surface area contributed by atoms with Crippen LogP contribution in [-0.2, 0) is 16.1 Å². The Morgan fingerprint density at radius 1 is 1.61 bits per heavy atom. The van der Waals surface area contributed by atoms with Gasteiger partial charge in [0.2, 0.25) is 5.91 Å². The fourth-order valence-electron chi connectivity index (χ4n) is 2.72.